The number of esters is 1. The molecule has 3 nitrogen and oxygen atoms in total. The maximum atomic E-state index is 11.0. The van der Waals surface area contributed by atoms with Crippen molar-refractivity contribution >= 4 is 35.2 Å². The second kappa shape index (κ2) is 6.51. The van der Waals surface area contributed by atoms with Crippen LogP contribution in [0.15, 0.2) is 18.2 Å². The summed E-state index contributed by atoms with van der Waals surface area (Å²) in [7, 11) is 0. The lowest BCUT2D eigenvalue weighted by Crippen LogP contribution is -2.01. The number of carbonyl (C=O) groups excluding carboxylic acids is 1. The fourth-order valence-electron chi connectivity index (χ4n) is 1.05. The fraction of sp³-hybridized carbons (Fsp3) is 0.273. The highest BCUT2D eigenvalue weighted by atomic mass is 35.5. The van der Waals surface area contributed by atoms with E-state index in [-0.39, 0.29) is 12.4 Å². The minimum absolute atomic E-state index is 0.215. The number of carbonyl (C=O) groups is 1. The molecule has 0 aromatic carbocycles. The van der Waals surface area contributed by atoms with Gasteiger partial charge >= 0.3 is 5.97 Å². The molecule has 1 rings (SSSR count). The molecule has 0 fully saturated rings. The van der Waals surface area contributed by atoms with Gasteiger partial charge in [0.05, 0.1) is 13.0 Å². The number of hydrogen-bond acceptors (Lipinski definition) is 3. The molecule has 0 amide bonds. The van der Waals surface area contributed by atoms with Crippen LogP contribution in [0.2, 0.25) is 10.3 Å². The SMILES string of the molecule is CCOC(=O)CC=Cc1ccc(Cl)nc1Cl. The minimum Gasteiger partial charge on any atom is -0.466 e. The summed E-state index contributed by atoms with van der Waals surface area (Å²) in [6.07, 6.45) is 3.60. The monoisotopic (exact) mass is 259 g/mol. The molecule has 1 heterocycles. The van der Waals surface area contributed by atoms with Gasteiger partial charge < -0.3 is 4.74 Å². The van der Waals surface area contributed by atoms with Crippen molar-refractivity contribution in [3.05, 3.63) is 34.1 Å². The Balaban J connectivity index is 2.59. The molecule has 1 aromatic heterocycles. The second-order valence-electron chi connectivity index (χ2n) is 2.93. The fourth-order valence-corrected chi connectivity index (χ4v) is 1.46. The van der Waals surface area contributed by atoms with Gasteiger partial charge in [0.15, 0.2) is 0 Å². The zero-order valence-electron chi connectivity index (χ0n) is 8.74. The average Bonchev–Trinajstić information content (AvgIpc) is 2.22. The third kappa shape index (κ3) is 4.21. The minimum atomic E-state index is -0.267. The number of hydrogen-bond donors (Lipinski definition) is 0. The Bertz CT molecular complexity index is 405. The van der Waals surface area contributed by atoms with Crippen LogP contribution < -0.4 is 0 Å². The Morgan fingerprint density at radius 1 is 1.50 bits per heavy atom. The normalized spacial score (nSPS) is 10.7. The van der Waals surface area contributed by atoms with Gasteiger partial charge in [0.2, 0.25) is 0 Å². The lowest BCUT2D eigenvalue weighted by atomic mass is 10.2. The van der Waals surface area contributed by atoms with Crippen LogP contribution in [-0.4, -0.2) is 17.6 Å². The summed E-state index contributed by atoms with van der Waals surface area (Å²) < 4.78 is 4.77. The molecule has 0 bridgehead atoms. The van der Waals surface area contributed by atoms with Gasteiger partial charge in [-0.05, 0) is 19.1 Å². The van der Waals surface area contributed by atoms with Crippen LogP contribution in [0.3, 0.4) is 0 Å². The van der Waals surface area contributed by atoms with Crippen molar-refractivity contribution in [3.8, 4) is 0 Å². The smallest absolute Gasteiger partial charge is 0.309 e. The van der Waals surface area contributed by atoms with E-state index in [2.05, 4.69) is 4.98 Å². The van der Waals surface area contributed by atoms with Crippen molar-refractivity contribution in [2.45, 2.75) is 13.3 Å². The van der Waals surface area contributed by atoms with E-state index in [0.717, 1.165) is 5.56 Å². The largest absolute Gasteiger partial charge is 0.466 e. The van der Waals surface area contributed by atoms with Gasteiger partial charge in [0.1, 0.15) is 10.3 Å². The zero-order chi connectivity index (χ0) is 12.0. The predicted octanol–water partition coefficient (Wildman–Crippen LogP) is 3.35. The molecule has 0 N–H and O–H groups in total. The number of ether oxygens (including phenoxy) is 1. The van der Waals surface area contributed by atoms with Crippen LogP contribution in [0.4, 0.5) is 0 Å². The van der Waals surface area contributed by atoms with Crippen molar-refractivity contribution in [1.29, 1.82) is 0 Å². The summed E-state index contributed by atoms with van der Waals surface area (Å²) in [6, 6.07) is 3.37. The Morgan fingerprint density at radius 3 is 2.88 bits per heavy atom. The first-order valence-electron chi connectivity index (χ1n) is 4.77. The Labute approximate surface area is 104 Å². The second-order valence-corrected chi connectivity index (χ2v) is 3.67. The lowest BCUT2D eigenvalue weighted by Gasteiger charge is -1.98. The van der Waals surface area contributed by atoms with E-state index < -0.39 is 0 Å². The summed E-state index contributed by atoms with van der Waals surface area (Å²) in [6.45, 7) is 2.15. The summed E-state index contributed by atoms with van der Waals surface area (Å²) in [5.41, 5.74) is 0.718. The van der Waals surface area contributed by atoms with Gasteiger partial charge in [-0.15, -0.1) is 0 Å². The van der Waals surface area contributed by atoms with E-state index in [1.54, 1.807) is 31.2 Å². The molecule has 16 heavy (non-hydrogen) atoms. The highest BCUT2D eigenvalue weighted by Crippen LogP contribution is 2.17. The van der Waals surface area contributed by atoms with Crippen LogP contribution in [0.25, 0.3) is 6.08 Å². The summed E-state index contributed by atoms with van der Waals surface area (Å²) in [5.74, 6) is -0.267. The first-order chi connectivity index (χ1) is 7.63. The van der Waals surface area contributed by atoms with E-state index >= 15 is 0 Å². The first kappa shape index (κ1) is 13.0. The molecule has 0 unspecified atom stereocenters. The lowest BCUT2D eigenvalue weighted by molar-refractivity contribution is -0.142. The highest BCUT2D eigenvalue weighted by Gasteiger charge is 2.00. The third-order valence-corrected chi connectivity index (χ3v) is 2.24. The van der Waals surface area contributed by atoms with Gasteiger partial charge in [-0.3, -0.25) is 4.79 Å². The molecule has 0 aliphatic rings. The number of halogens is 2. The molecule has 0 aliphatic carbocycles. The molecule has 86 valence electrons. The molecule has 0 aliphatic heterocycles. The predicted molar refractivity (Wildman–Crippen MR) is 64.5 cm³/mol. The van der Waals surface area contributed by atoms with E-state index in [1.807, 2.05) is 0 Å². The molecule has 0 spiro atoms. The number of nitrogens with zero attached hydrogens (tertiary/aromatic N) is 1. The summed E-state index contributed by atoms with van der Waals surface area (Å²) in [4.78, 5) is 14.9. The molecular formula is C11H11Cl2NO2. The highest BCUT2D eigenvalue weighted by molar-refractivity contribution is 6.33. The van der Waals surface area contributed by atoms with Gasteiger partial charge in [-0.2, -0.15) is 0 Å². The topological polar surface area (TPSA) is 39.2 Å². The van der Waals surface area contributed by atoms with Crippen LogP contribution in [0, 0.1) is 0 Å². The molecule has 5 heteroatoms. The quantitative estimate of drug-likeness (QED) is 0.615. The summed E-state index contributed by atoms with van der Waals surface area (Å²) >= 11 is 11.5. The van der Waals surface area contributed by atoms with Crippen LogP contribution in [-0.2, 0) is 9.53 Å². The van der Waals surface area contributed by atoms with Crippen LogP contribution in [0.5, 0.6) is 0 Å². The zero-order valence-corrected chi connectivity index (χ0v) is 10.3. The molecule has 1 aromatic rings. The van der Waals surface area contributed by atoms with Crippen molar-refractivity contribution in [2.24, 2.45) is 0 Å². The number of rotatable bonds is 4. The van der Waals surface area contributed by atoms with Crippen molar-refractivity contribution in [3.63, 3.8) is 0 Å². The molecule has 0 saturated heterocycles. The van der Waals surface area contributed by atoms with Gasteiger partial charge in [-0.25, -0.2) is 4.98 Å². The molecular weight excluding hydrogens is 249 g/mol. The number of aromatic nitrogens is 1. The summed E-state index contributed by atoms with van der Waals surface area (Å²) in [5, 5.41) is 0.653. The molecule has 0 saturated carbocycles. The third-order valence-electron chi connectivity index (χ3n) is 1.73. The Morgan fingerprint density at radius 2 is 2.25 bits per heavy atom. The van der Waals surface area contributed by atoms with Crippen LogP contribution >= 0.6 is 23.2 Å². The maximum Gasteiger partial charge on any atom is 0.309 e. The van der Waals surface area contributed by atoms with Crippen molar-refractivity contribution in [2.75, 3.05) is 6.61 Å². The van der Waals surface area contributed by atoms with E-state index in [4.69, 9.17) is 27.9 Å². The molecule has 0 radical (unpaired) electrons. The first-order valence-corrected chi connectivity index (χ1v) is 5.53. The average molecular weight is 260 g/mol. The Hall–Kier alpha value is -1.06. The van der Waals surface area contributed by atoms with Crippen molar-refractivity contribution in [1.82, 2.24) is 4.98 Å². The van der Waals surface area contributed by atoms with E-state index in [0.29, 0.717) is 16.9 Å². The van der Waals surface area contributed by atoms with E-state index in [1.165, 1.54) is 0 Å². The maximum absolute atomic E-state index is 11.0. The van der Waals surface area contributed by atoms with Gasteiger partial charge in [0.25, 0.3) is 0 Å². The van der Waals surface area contributed by atoms with Gasteiger partial charge in [0, 0.05) is 5.56 Å². The standard InChI is InChI=1S/C11H11Cl2NO2/c1-2-16-10(15)5-3-4-8-6-7-9(12)14-11(8)13/h3-4,6-7H,2,5H2,1H3. The van der Waals surface area contributed by atoms with Crippen molar-refractivity contribution < 1.29 is 9.53 Å². The number of pyridine rings is 1. The van der Waals surface area contributed by atoms with Crippen LogP contribution in [0.1, 0.15) is 18.9 Å². The van der Waals surface area contributed by atoms with E-state index in [9.17, 15) is 4.79 Å². The molecule has 0 atom stereocenters. The Kier molecular flexibility index (Phi) is 5.29. The van der Waals surface area contributed by atoms with Gasteiger partial charge in [-0.1, -0.05) is 35.4 Å².